The number of fused-ring (bicyclic) bond motifs is 1. The zero-order chi connectivity index (χ0) is 10.3. The highest BCUT2D eigenvalue weighted by atomic mass is 32.2. The van der Waals surface area contributed by atoms with Crippen LogP contribution in [-0.2, 0) is 10.8 Å². The fourth-order valence-corrected chi connectivity index (χ4v) is 2.93. The molecule has 0 saturated carbocycles. The molecule has 1 aliphatic rings. The van der Waals surface area contributed by atoms with Crippen LogP contribution in [0, 0.1) is 10.1 Å². The minimum absolute atomic E-state index is 0.518. The zero-order valence-corrected chi connectivity index (χ0v) is 8.23. The maximum absolute atomic E-state index is 11.7. The molecule has 0 saturated heterocycles. The van der Waals surface area contributed by atoms with Crippen molar-refractivity contribution in [3.8, 4) is 0 Å². The second-order valence-electron chi connectivity index (χ2n) is 2.99. The Labute approximate surface area is 82.9 Å². The third-order valence-electron chi connectivity index (χ3n) is 2.17. The molecule has 6 heteroatoms. The number of benzene rings is 1. The van der Waals surface area contributed by atoms with Gasteiger partial charge in [-0.25, -0.2) is 4.21 Å². The first-order valence-corrected chi connectivity index (χ1v) is 5.20. The summed E-state index contributed by atoms with van der Waals surface area (Å²) in [6.45, 7) is 0. The molecule has 14 heavy (non-hydrogen) atoms. The van der Waals surface area contributed by atoms with Crippen LogP contribution in [0.15, 0.2) is 29.2 Å². The van der Waals surface area contributed by atoms with Gasteiger partial charge in [-0.3, -0.25) is 10.1 Å². The van der Waals surface area contributed by atoms with Crippen molar-refractivity contribution in [1.82, 2.24) is 0 Å². The lowest BCUT2D eigenvalue weighted by Crippen LogP contribution is -2.36. The number of para-hydroxylation sites is 1. The second kappa shape index (κ2) is 3.06. The molecule has 2 rings (SSSR count). The molecule has 0 radical (unpaired) electrons. The van der Waals surface area contributed by atoms with Gasteiger partial charge in [0.25, 0.3) is 0 Å². The molecule has 0 fully saturated rings. The highest BCUT2D eigenvalue weighted by Crippen LogP contribution is 2.34. The lowest BCUT2D eigenvalue weighted by Gasteiger charge is -2.12. The largest absolute Gasteiger partial charge is 0.366 e. The van der Waals surface area contributed by atoms with Gasteiger partial charge in [0, 0.05) is 7.05 Å². The minimum Gasteiger partial charge on any atom is -0.301 e. The van der Waals surface area contributed by atoms with Gasteiger partial charge in [0.15, 0.2) is 10.8 Å². The second-order valence-corrected chi connectivity index (χ2v) is 4.44. The van der Waals surface area contributed by atoms with Crippen LogP contribution in [0.25, 0.3) is 0 Å². The Hall–Kier alpha value is -1.43. The summed E-state index contributed by atoms with van der Waals surface area (Å²) in [6, 6.07) is 6.89. The van der Waals surface area contributed by atoms with Crippen LogP contribution in [-0.4, -0.2) is 21.7 Å². The number of nitro groups is 1. The van der Waals surface area contributed by atoms with E-state index in [-0.39, 0.29) is 0 Å². The van der Waals surface area contributed by atoms with Crippen LogP contribution in [0.1, 0.15) is 0 Å². The van der Waals surface area contributed by atoms with Crippen molar-refractivity contribution in [2.24, 2.45) is 0 Å². The molecule has 2 atom stereocenters. The van der Waals surface area contributed by atoms with Gasteiger partial charge < -0.3 is 4.90 Å². The van der Waals surface area contributed by atoms with E-state index in [1.165, 1.54) is 4.90 Å². The SMILES string of the molecule is CN1c2ccccc2S(=O)C1[N+](=O)[O-]. The van der Waals surface area contributed by atoms with Gasteiger partial charge in [-0.1, -0.05) is 12.1 Å². The fraction of sp³-hybridized carbons (Fsp3) is 0.250. The summed E-state index contributed by atoms with van der Waals surface area (Å²) in [5.74, 6) is 0. The average Bonchev–Trinajstić information content (AvgIpc) is 2.41. The van der Waals surface area contributed by atoms with E-state index < -0.39 is 21.2 Å². The smallest absolute Gasteiger partial charge is 0.301 e. The van der Waals surface area contributed by atoms with Crippen LogP contribution in [0.4, 0.5) is 5.69 Å². The normalized spacial score (nSPS) is 24.8. The molecule has 0 amide bonds. The van der Waals surface area contributed by atoms with Gasteiger partial charge in [0.1, 0.15) is 0 Å². The first-order valence-electron chi connectivity index (χ1n) is 3.99. The van der Waals surface area contributed by atoms with Crippen LogP contribution in [0.5, 0.6) is 0 Å². The van der Waals surface area contributed by atoms with E-state index in [1.54, 1.807) is 31.3 Å². The lowest BCUT2D eigenvalue weighted by molar-refractivity contribution is -0.494. The van der Waals surface area contributed by atoms with E-state index in [2.05, 4.69) is 0 Å². The molecule has 1 aromatic rings. The Balaban J connectivity index is 2.53. The minimum atomic E-state index is -1.57. The number of hydrogen-bond acceptors (Lipinski definition) is 4. The summed E-state index contributed by atoms with van der Waals surface area (Å²) in [7, 11) is 0.0116. The van der Waals surface area contributed by atoms with Crippen molar-refractivity contribution in [2.75, 3.05) is 11.9 Å². The Morgan fingerprint density at radius 2 is 2.14 bits per heavy atom. The molecule has 1 aliphatic heterocycles. The maximum Gasteiger partial charge on any atom is 0.366 e. The van der Waals surface area contributed by atoms with E-state index in [4.69, 9.17) is 0 Å². The third-order valence-corrected chi connectivity index (χ3v) is 3.82. The maximum atomic E-state index is 11.7. The first-order chi connectivity index (χ1) is 6.63. The standard InChI is InChI=1S/C8H8N2O3S/c1-9-6-4-2-3-5-7(6)14(13)8(9)10(11)12/h2-5,8H,1H3. The lowest BCUT2D eigenvalue weighted by atomic mass is 10.3. The topological polar surface area (TPSA) is 63.5 Å². The predicted molar refractivity (Wildman–Crippen MR) is 52.0 cm³/mol. The Morgan fingerprint density at radius 1 is 1.50 bits per heavy atom. The van der Waals surface area contributed by atoms with Gasteiger partial charge in [-0.05, 0) is 12.1 Å². The van der Waals surface area contributed by atoms with Crippen LogP contribution in [0.2, 0.25) is 0 Å². The van der Waals surface area contributed by atoms with E-state index in [1.807, 2.05) is 0 Å². The molecular formula is C8H8N2O3S. The molecule has 1 heterocycles. The monoisotopic (exact) mass is 212 g/mol. The average molecular weight is 212 g/mol. The number of anilines is 1. The van der Waals surface area contributed by atoms with Gasteiger partial charge in [-0.2, -0.15) is 0 Å². The predicted octanol–water partition coefficient (Wildman–Crippen LogP) is 0.804. The fourth-order valence-electron chi connectivity index (χ4n) is 1.51. The molecule has 0 N–H and O–H groups in total. The van der Waals surface area contributed by atoms with Crippen molar-refractivity contribution >= 4 is 16.5 Å². The van der Waals surface area contributed by atoms with Crippen molar-refractivity contribution in [2.45, 2.75) is 10.4 Å². The van der Waals surface area contributed by atoms with Crippen LogP contribution < -0.4 is 4.90 Å². The molecular weight excluding hydrogens is 204 g/mol. The highest BCUT2D eigenvalue weighted by molar-refractivity contribution is 7.86. The Morgan fingerprint density at radius 3 is 2.71 bits per heavy atom. The van der Waals surface area contributed by atoms with Gasteiger partial charge in [0.05, 0.1) is 15.5 Å². The van der Waals surface area contributed by atoms with Crippen LogP contribution >= 0.6 is 0 Å². The molecule has 1 aromatic carbocycles. The molecule has 74 valence electrons. The summed E-state index contributed by atoms with van der Waals surface area (Å²) in [5, 5.41) is 10.7. The summed E-state index contributed by atoms with van der Waals surface area (Å²) in [5.41, 5.74) is -0.472. The highest BCUT2D eigenvalue weighted by Gasteiger charge is 2.42. The van der Waals surface area contributed by atoms with Crippen molar-refractivity contribution in [3.05, 3.63) is 34.4 Å². The molecule has 0 bridgehead atoms. The molecule has 0 aliphatic carbocycles. The summed E-state index contributed by atoms with van der Waals surface area (Å²) in [4.78, 5) is 12.1. The third kappa shape index (κ3) is 1.11. The van der Waals surface area contributed by atoms with E-state index in [9.17, 15) is 14.3 Å². The van der Waals surface area contributed by atoms with Crippen molar-refractivity contribution in [1.29, 1.82) is 0 Å². The van der Waals surface area contributed by atoms with E-state index >= 15 is 0 Å². The quantitative estimate of drug-likeness (QED) is 0.510. The molecule has 5 nitrogen and oxygen atoms in total. The number of nitrogens with zero attached hydrogens (tertiary/aromatic N) is 2. The van der Waals surface area contributed by atoms with Crippen molar-refractivity contribution < 1.29 is 9.13 Å². The van der Waals surface area contributed by atoms with Gasteiger partial charge >= 0.3 is 5.50 Å². The summed E-state index contributed by atoms with van der Waals surface area (Å²) in [6.07, 6.45) is 0. The summed E-state index contributed by atoms with van der Waals surface area (Å²) < 4.78 is 11.7. The van der Waals surface area contributed by atoms with Crippen LogP contribution in [0.3, 0.4) is 0 Å². The molecule has 2 unspecified atom stereocenters. The van der Waals surface area contributed by atoms with Gasteiger partial charge in [-0.15, -0.1) is 0 Å². The summed E-state index contributed by atoms with van der Waals surface area (Å²) >= 11 is 0. The Bertz CT molecular complexity index is 421. The van der Waals surface area contributed by atoms with E-state index in [0.717, 1.165) is 0 Å². The van der Waals surface area contributed by atoms with Crippen molar-refractivity contribution in [3.63, 3.8) is 0 Å². The first kappa shape index (κ1) is 9.14. The van der Waals surface area contributed by atoms with Gasteiger partial charge in [0.2, 0.25) is 0 Å². The van der Waals surface area contributed by atoms with E-state index in [0.29, 0.717) is 10.6 Å². The number of rotatable bonds is 1. The number of hydrogen-bond donors (Lipinski definition) is 0. The molecule has 0 spiro atoms. The Kier molecular flexibility index (Phi) is 1.99. The molecule has 0 aromatic heterocycles. The zero-order valence-electron chi connectivity index (χ0n) is 7.41.